The Kier molecular flexibility index (Phi) is 36.2. The lowest BCUT2D eigenvalue weighted by atomic mass is 9.94. The minimum Gasteiger partial charge on any atom is -0.459 e. The van der Waals surface area contributed by atoms with Crippen molar-refractivity contribution in [3.63, 3.8) is 0 Å². The number of ether oxygens (including phenoxy) is 20. The van der Waals surface area contributed by atoms with Crippen molar-refractivity contribution in [3.05, 3.63) is 431 Å². The van der Waals surface area contributed by atoms with Gasteiger partial charge in [-0.2, -0.15) is 0 Å². The van der Waals surface area contributed by atoms with Gasteiger partial charge in [0, 0.05) is 6.42 Å². The highest BCUT2D eigenvalue weighted by Gasteiger charge is 2.62. The quantitative estimate of drug-likeness (QED) is 0.0274. The highest BCUT2D eigenvalue weighted by Crippen LogP contribution is 2.43. The molecule has 31 heteroatoms. The van der Waals surface area contributed by atoms with Crippen LogP contribution in [-0.2, 0) is 131 Å². The molecule has 4 heterocycles. The van der Waals surface area contributed by atoms with E-state index in [0.717, 1.165) is 0 Å². The van der Waals surface area contributed by atoms with Gasteiger partial charge in [-0.3, -0.25) is 4.79 Å². The predicted octanol–water partition coefficient (Wildman–Crippen LogP) is 15.0. The summed E-state index contributed by atoms with van der Waals surface area (Å²) in [5.41, 5.74) is 2.17. The fourth-order valence-corrected chi connectivity index (χ4v) is 16.6. The third-order valence-electron chi connectivity index (χ3n) is 23.9. The first-order valence-electron chi connectivity index (χ1n) is 46.9. The first-order chi connectivity index (χ1) is 70.4. The molecule has 0 saturated carbocycles. The van der Waals surface area contributed by atoms with Gasteiger partial charge in [0.1, 0.15) is 99.4 Å². The molecule has 12 aromatic rings. The molecule has 4 saturated heterocycles. The second-order valence-electron chi connectivity index (χ2n) is 34.0. The zero-order valence-electron chi connectivity index (χ0n) is 78.0. The average molecular weight is 1960 g/mol. The Morgan fingerprint density at radius 1 is 0.222 bits per heavy atom. The molecule has 12 aromatic carbocycles. The van der Waals surface area contributed by atoms with Crippen LogP contribution in [0.5, 0.6) is 0 Å². The molecule has 31 nitrogen and oxygen atoms in total. The molecule has 16 rings (SSSR count). The van der Waals surface area contributed by atoms with E-state index in [1.807, 2.05) is 0 Å². The molecule has 0 spiro atoms. The number of aliphatic hydroxyl groups is 1. The van der Waals surface area contributed by atoms with E-state index in [1.54, 1.807) is 267 Å². The van der Waals surface area contributed by atoms with Gasteiger partial charge in [-0.15, -0.1) is 0 Å². The maximum Gasteiger partial charge on any atom is 0.338 e. The molecular weight excluding hydrogens is 1850 g/mol. The number of aliphatic hydroxyl groups excluding tert-OH is 1. The van der Waals surface area contributed by atoms with Gasteiger partial charge < -0.3 is 105 Å². The largest absolute Gasteiger partial charge is 0.459 e. The predicted molar refractivity (Wildman–Crippen MR) is 511 cm³/mol. The maximum atomic E-state index is 16.2. The molecule has 0 aromatic heterocycles. The Bertz CT molecular complexity index is 6140. The standard InChI is InChI=1S/C113H104O31/c1-72(114)62-63-89(115)137-96-92(138-106(120)81-54-30-10-31-55-81)87(70-131-104(118)79-50-26-8-27-51-79)135-111(99(96)127-66-75-42-18-4-19-43-75)143-95-91(126-65-74-40-16-3-17-41-74)86(69-130-103(117)78-48-24-7-25-49-78)134-113(101(95)141-109(123)84-60-36-13-37-61-84)144-97-93(139-107(121)82-56-32-11-33-57-82)88(71-132-105(119)80-52-28-9-29-53-80)136-112(100(97)128-67-76-44-20-5-21-45-76)142-94-90(125-64-73-38-14-2-15-39-73)85(68-129-102(116)77-46-22-6-23-47-77)133-110(124)98(94)140-108(122)83-58-34-12-35-59-83/h2-61,85-88,90-101,110-113,124H,62-71H2,1H3/t85?,86?,87?,88?,90-,91-,92-,93-,94-,95?,96?,97?,98?,99+,100?,101?,110+,111+,112+,113-/m0/s1. The number of hydrogen-bond donors (Lipinski definition) is 1. The summed E-state index contributed by atoms with van der Waals surface area (Å²) >= 11 is 0. The smallest absolute Gasteiger partial charge is 0.338 e. The van der Waals surface area contributed by atoms with Gasteiger partial charge >= 0.3 is 53.7 Å². The van der Waals surface area contributed by atoms with Crippen LogP contribution < -0.4 is 0 Å². The van der Waals surface area contributed by atoms with E-state index in [0.29, 0.717) is 22.3 Å². The van der Waals surface area contributed by atoms with Crippen molar-refractivity contribution in [3.8, 4) is 0 Å². The SMILES string of the molecule is CC(=O)CCC(=O)OC1[C@@H](OC(=O)c2ccccc2)C(COC(=O)c2ccccc2)O[C@H](OC2C(OC(=O)c3ccccc3)[C@H](OC3C(OCc4ccccc4)[C@@H](O[C@@H]4C(OC(=O)c5ccccc5)[C@H](O)OC(COC(=O)c5ccccc5)[C@@H]4OCc4ccccc4)OC(COC(=O)c4ccccc4)[C@@H]3OC(=O)c3ccccc3)OC(COC(=O)c3ccccc3)[C@@H]2OCc2ccccc2)[C@@H]1OCc1ccccc1. The summed E-state index contributed by atoms with van der Waals surface area (Å²) in [6.45, 7) is -3.44. The molecule has 10 unspecified atom stereocenters. The van der Waals surface area contributed by atoms with E-state index >= 15 is 24.0 Å². The van der Waals surface area contributed by atoms with Crippen LogP contribution in [0.25, 0.3) is 0 Å². The minimum absolute atomic E-state index is 0.000333. The van der Waals surface area contributed by atoms with E-state index in [4.69, 9.17) is 94.7 Å². The van der Waals surface area contributed by atoms with Crippen LogP contribution in [0.15, 0.2) is 364 Å². The van der Waals surface area contributed by atoms with Gasteiger partial charge in [-0.05, 0) is 126 Å². The number of Topliss-reactive ketones (excluding diaryl/α,β-unsaturated/α-hetero) is 1. The molecule has 144 heavy (non-hydrogen) atoms. The lowest BCUT2D eigenvalue weighted by molar-refractivity contribution is -0.395. The zero-order chi connectivity index (χ0) is 99.9. The van der Waals surface area contributed by atoms with Crippen LogP contribution in [-0.4, -0.2) is 214 Å². The molecule has 1 N–H and O–H groups in total. The lowest BCUT2D eigenvalue weighted by Gasteiger charge is -2.52. The summed E-state index contributed by atoms with van der Waals surface area (Å²) in [7, 11) is 0. The highest BCUT2D eigenvalue weighted by molar-refractivity contribution is 5.93. The fourth-order valence-electron chi connectivity index (χ4n) is 16.6. The number of rotatable bonds is 42. The monoisotopic (exact) mass is 1960 g/mol. The van der Waals surface area contributed by atoms with Crippen LogP contribution in [0.4, 0.5) is 0 Å². The third kappa shape index (κ3) is 27.7. The topological polar surface area (TPSA) is 376 Å². The summed E-state index contributed by atoms with van der Waals surface area (Å²) in [4.78, 5) is 149. The van der Waals surface area contributed by atoms with Crippen molar-refractivity contribution in [2.75, 3.05) is 26.4 Å². The van der Waals surface area contributed by atoms with E-state index in [-0.39, 0.29) is 70.7 Å². The Morgan fingerprint density at radius 2 is 0.438 bits per heavy atom. The van der Waals surface area contributed by atoms with Gasteiger partial charge in [0.25, 0.3) is 0 Å². The Balaban J connectivity index is 0.914. The molecule has 4 aliphatic heterocycles. The third-order valence-corrected chi connectivity index (χ3v) is 23.9. The van der Waals surface area contributed by atoms with Gasteiger partial charge in [0.2, 0.25) is 0 Å². The second kappa shape index (κ2) is 51.1. The van der Waals surface area contributed by atoms with Crippen molar-refractivity contribution in [2.45, 2.75) is 169 Å². The van der Waals surface area contributed by atoms with Crippen molar-refractivity contribution >= 4 is 59.5 Å². The van der Waals surface area contributed by atoms with Crippen molar-refractivity contribution in [1.82, 2.24) is 0 Å². The maximum absolute atomic E-state index is 16.2. The minimum atomic E-state index is -2.33. The van der Waals surface area contributed by atoms with E-state index in [2.05, 4.69) is 0 Å². The van der Waals surface area contributed by atoms with Crippen LogP contribution in [0.2, 0.25) is 0 Å². The lowest BCUT2D eigenvalue weighted by Crippen LogP contribution is -2.69. The van der Waals surface area contributed by atoms with Gasteiger partial charge in [0.15, 0.2) is 55.7 Å². The molecule has 0 radical (unpaired) electrons. The van der Waals surface area contributed by atoms with E-state index in [9.17, 15) is 29.1 Å². The molecular formula is C113H104O31. The summed E-state index contributed by atoms with van der Waals surface area (Å²) in [6, 6.07) is 97.3. The van der Waals surface area contributed by atoms with Gasteiger partial charge in [-0.25, -0.2) is 38.4 Å². The zero-order valence-corrected chi connectivity index (χ0v) is 78.0. The Labute approximate surface area is 829 Å². The van der Waals surface area contributed by atoms with E-state index in [1.165, 1.54) is 104 Å². The molecule has 20 atom stereocenters. The molecule has 0 aliphatic carbocycles. The Hall–Kier alpha value is -14.9. The molecule has 742 valence electrons. The number of carbonyl (C=O) groups excluding carboxylic acids is 10. The number of esters is 9. The molecule has 0 amide bonds. The van der Waals surface area contributed by atoms with Crippen LogP contribution in [0, 0.1) is 0 Å². The van der Waals surface area contributed by atoms with Crippen LogP contribution in [0.1, 0.15) is 125 Å². The van der Waals surface area contributed by atoms with Crippen LogP contribution >= 0.6 is 0 Å². The summed E-state index contributed by atoms with van der Waals surface area (Å²) < 4.78 is 138. The van der Waals surface area contributed by atoms with Crippen molar-refractivity contribution < 1.29 is 148 Å². The number of carbonyl (C=O) groups is 10. The second-order valence-corrected chi connectivity index (χ2v) is 34.0. The van der Waals surface area contributed by atoms with Gasteiger partial charge in [0.05, 0.1) is 77.4 Å². The fraction of sp³-hybridized carbons (Fsp3) is 0.274. The first-order valence-corrected chi connectivity index (χ1v) is 46.9. The summed E-state index contributed by atoms with van der Waals surface area (Å²) in [6.07, 6.45) is -40.3. The average Bonchev–Trinajstić information content (AvgIpc) is 0.752. The first kappa shape index (κ1) is 102. The summed E-state index contributed by atoms with van der Waals surface area (Å²) in [5.74, 6) is -9.23. The normalized spacial score (nSPS) is 23.8. The number of ketones is 1. The number of hydrogen-bond acceptors (Lipinski definition) is 31. The molecule has 4 fully saturated rings. The Morgan fingerprint density at radius 3 is 0.729 bits per heavy atom. The van der Waals surface area contributed by atoms with Crippen LogP contribution in [0.3, 0.4) is 0 Å². The number of benzene rings is 12. The van der Waals surface area contributed by atoms with E-state index < -0.39 is 222 Å². The molecule has 4 aliphatic rings. The van der Waals surface area contributed by atoms with Crippen molar-refractivity contribution in [1.29, 1.82) is 0 Å². The highest BCUT2D eigenvalue weighted by atomic mass is 16.8. The van der Waals surface area contributed by atoms with Gasteiger partial charge in [-0.1, -0.05) is 267 Å². The van der Waals surface area contributed by atoms with Crippen molar-refractivity contribution in [2.24, 2.45) is 0 Å². The summed E-state index contributed by atoms with van der Waals surface area (Å²) in [5, 5.41) is 12.9. The molecule has 0 bridgehead atoms.